The molecule has 1 amide bonds. The number of rotatable bonds is 6. The number of carbonyl (C=O) groups is 2. The van der Waals surface area contributed by atoms with Gasteiger partial charge in [-0.25, -0.2) is 4.79 Å². The van der Waals surface area contributed by atoms with Gasteiger partial charge in [0.05, 0.1) is 0 Å². The zero-order valence-electron chi connectivity index (χ0n) is 11.1. The van der Waals surface area contributed by atoms with Crippen molar-refractivity contribution < 1.29 is 14.7 Å². The third-order valence-electron chi connectivity index (χ3n) is 3.84. The first-order chi connectivity index (χ1) is 8.49. The summed E-state index contributed by atoms with van der Waals surface area (Å²) >= 11 is 0. The van der Waals surface area contributed by atoms with E-state index in [9.17, 15) is 9.59 Å². The molecular formula is C14H21NO3. The molecule has 18 heavy (non-hydrogen) atoms. The van der Waals surface area contributed by atoms with Crippen LogP contribution in [0.15, 0.2) is 11.1 Å². The summed E-state index contributed by atoms with van der Waals surface area (Å²) in [5.41, 5.74) is 0.542. The summed E-state index contributed by atoms with van der Waals surface area (Å²) in [4.78, 5) is 25.1. The topological polar surface area (TPSA) is 57.6 Å². The molecule has 2 fully saturated rings. The summed E-state index contributed by atoms with van der Waals surface area (Å²) in [5, 5.41) is 8.94. The van der Waals surface area contributed by atoms with Gasteiger partial charge in [0.15, 0.2) is 0 Å². The van der Waals surface area contributed by atoms with E-state index >= 15 is 0 Å². The number of amides is 1. The third kappa shape index (κ3) is 3.34. The summed E-state index contributed by atoms with van der Waals surface area (Å²) in [6.07, 6.45) is 4.81. The van der Waals surface area contributed by atoms with Crippen LogP contribution in [0, 0.1) is 11.8 Å². The van der Waals surface area contributed by atoms with E-state index in [-0.39, 0.29) is 11.5 Å². The largest absolute Gasteiger partial charge is 0.478 e. The number of aliphatic carboxylic acids is 1. The van der Waals surface area contributed by atoms with Crippen LogP contribution in [0.2, 0.25) is 0 Å². The second-order valence-corrected chi connectivity index (χ2v) is 5.65. The Morgan fingerprint density at radius 2 is 1.44 bits per heavy atom. The molecule has 1 N–H and O–H groups in total. The van der Waals surface area contributed by atoms with E-state index < -0.39 is 5.97 Å². The number of hydrogen-bond donors (Lipinski definition) is 1. The highest BCUT2D eigenvalue weighted by atomic mass is 16.4. The Kier molecular flexibility index (Phi) is 3.73. The first-order valence-electron chi connectivity index (χ1n) is 6.69. The average molecular weight is 251 g/mol. The number of carboxylic acids is 1. The number of carbonyl (C=O) groups excluding carboxylic acids is 1. The lowest BCUT2D eigenvalue weighted by molar-refractivity contribution is -0.134. The summed E-state index contributed by atoms with van der Waals surface area (Å²) in [6, 6.07) is 0. The minimum Gasteiger partial charge on any atom is -0.478 e. The Bertz CT molecular complexity index is 378. The van der Waals surface area contributed by atoms with Crippen LogP contribution in [-0.4, -0.2) is 35.0 Å². The highest BCUT2D eigenvalue weighted by molar-refractivity contribution is 6.01. The minimum atomic E-state index is -1.00. The molecule has 0 spiro atoms. The van der Waals surface area contributed by atoms with Crippen LogP contribution < -0.4 is 0 Å². The Labute approximate surface area is 108 Å². The second-order valence-electron chi connectivity index (χ2n) is 5.65. The van der Waals surface area contributed by atoms with Crippen molar-refractivity contribution in [1.29, 1.82) is 0 Å². The van der Waals surface area contributed by atoms with E-state index in [0.717, 1.165) is 13.1 Å². The fourth-order valence-electron chi connectivity index (χ4n) is 2.02. The Balaban J connectivity index is 2.05. The summed E-state index contributed by atoms with van der Waals surface area (Å²) in [5.74, 6) is 0.198. The molecule has 0 saturated heterocycles. The molecule has 0 radical (unpaired) electrons. The van der Waals surface area contributed by atoms with Crippen molar-refractivity contribution in [2.24, 2.45) is 11.8 Å². The van der Waals surface area contributed by atoms with Crippen LogP contribution in [-0.2, 0) is 9.59 Å². The number of hydrogen-bond acceptors (Lipinski definition) is 2. The maximum absolute atomic E-state index is 12.3. The fraction of sp³-hybridized carbons (Fsp3) is 0.714. The first-order valence-corrected chi connectivity index (χ1v) is 6.69. The van der Waals surface area contributed by atoms with Crippen LogP contribution in [0.5, 0.6) is 0 Å². The Hall–Kier alpha value is -1.32. The van der Waals surface area contributed by atoms with Crippen molar-refractivity contribution in [2.75, 3.05) is 13.1 Å². The van der Waals surface area contributed by atoms with Gasteiger partial charge < -0.3 is 10.0 Å². The van der Waals surface area contributed by atoms with Gasteiger partial charge >= 0.3 is 5.97 Å². The van der Waals surface area contributed by atoms with Crippen molar-refractivity contribution >= 4 is 11.9 Å². The van der Waals surface area contributed by atoms with Crippen LogP contribution in [0.25, 0.3) is 0 Å². The molecule has 2 rings (SSSR count). The highest BCUT2D eigenvalue weighted by Crippen LogP contribution is 2.34. The molecule has 2 aliphatic rings. The molecule has 0 aromatic rings. The lowest BCUT2D eigenvalue weighted by Gasteiger charge is -2.23. The van der Waals surface area contributed by atoms with Crippen LogP contribution in [0.3, 0.4) is 0 Å². The zero-order chi connectivity index (χ0) is 13.3. The van der Waals surface area contributed by atoms with Gasteiger partial charge in [-0.2, -0.15) is 0 Å². The van der Waals surface area contributed by atoms with E-state index in [1.807, 2.05) is 4.90 Å². The first kappa shape index (κ1) is 13.1. The van der Waals surface area contributed by atoms with Gasteiger partial charge in [0, 0.05) is 24.2 Å². The molecule has 2 aliphatic carbocycles. The van der Waals surface area contributed by atoms with Gasteiger partial charge in [0.25, 0.3) is 0 Å². The molecule has 0 bridgehead atoms. The Morgan fingerprint density at radius 1 is 1.00 bits per heavy atom. The number of nitrogens with zero attached hydrogens (tertiary/aromatic N) is 1. The third-order valence-corrected chi connectivity index (χ3v) is 3.84. The van der Waals surface area contributed by atoms with Crippen LogP contribution in [0.1, 0.15) is 39.5 Å². The maximum Gasteiger partial charge on any atom is 0.331 e. The summed E-state index contributed by atoms with van der Waals surface area (Å²) in [6.45, 7) is 4.74. The van der Waals surface area contributed by atoms with E-state index in [2.05, 4.69) is 0 Å². The molecule has 4 heteroatoms. The predicted octanol–water partition coefficient (Wildman–Crippen LogP) is 2.06. The lowest BCUT2D eigenvalue weighted by atomic mass is 10.1. The summed E-state index contributed by atoms with van der Waals surface area (Å²) < 4.78 is 0. The molecule has 0 atom stereocenters. The minimum absolute atomic E-state index is 0.0892. The normalized spacial score (nSPS) is 20.3. The molecule has 2 saturated carbocycles. The maximum atomic E-state index is 12.3. The standard InChI is InChI=1S/C14H21NO3/c1-9(10(2)14(17)18)13(16)15(7-11-3-4-11)8-12-5-6-12/h11-12H,3-8H2,1-2H3,(H,17,18). The molecule has 0 aromatic carbocycles. The van der Waals surface area contributed by atoms with Gasteiger partial charge in [-0.3, -0.25) is 4.79 Å². The van der Waals surface area contributed by atoms with Crippen molar-refractivity contribution in [3.8, 4) is 0 Å². The zero-order valence-corrected chi connectivity index (χ0v) is 11.1. The summed E-state index contributed by atoms with van der Waals surface area (Å²) in [7, 11) is 0. The van der Waals surface area contributed by atoms with E-state index in [1.165, 1.54) is 32.6 Å². The molecule has 0 aliphatic heterocycles. The fourth-order valence-corrected chi connectivity index (χ4v) is 2.02. The van der Waals surface area contributed by atoms with Crippen molar-refractivity contribution in [1.82, 2.24) is 4.90 Å². The Morgan fingerprint density at radius 3 is 1.78 bits per heavy atom. The highest BCUT2D eigenvalue weighted by Gasteiger charge is 2.32. The number of carboxylic acid groups (broad SMARTS) is 1. The van der Waals surface area contributed by atoms with Gasteiger partial charge in [-0.1, -0.05) is 0 Å². The molecule has 0 unspecified atom stereocenters. The lowest BCUT2D eigenvalue weighted by Crippen LogP contribution is -2.36. The van der Waals surface area contributed by atoms with Gasteiger partial charge in [0.1, 0.15) is 0 Å². The smallest absolute Gasteiger partial charge is 0.331 e. The van der Waals surface area contributed by atoms with E-state index in [4.69, 9.17) is 5.11 Å². The van der Waals surface area contributed by atoms with Crippen LogP contribution >= 0.6 is 0 Å². The van der Waals surface area contributed by atoms with Crippen molar-refractivity contribution in [3.05, 3.63) is 11.1 Å². The quantitative estimate of drug-likeness (QED) is 0.735. The van der Waals surface area contributed by atoms with E-state index in [1.54, 1.807) is 6.92 Å². The van der Waals surface area contributed by atoms with Gasteiger partial charge in [-0.15, -0.1) is 0 Å². The molecular weight excluding hydrogens is 230 g/mol. The monoisotopic (exact) mass is 251 g/mol. The second kappa shape index (κ2) is 5.12. The van der Waals surface area contributed by atoms with Crippen molar-refractivity contribution in [2.45, 2.75) is 39.5 Å². The average Bonchev–Trinajstić information content (AvgIpc) is 3.19. The molecule has 0 aromatic heterocycles. The van der Waals surface area contributed by atoms with Gasteiger partial charge in [-0.05, 0) is 51.4 Å². The molecule has 4 nitrogen and oxygen atoms in total. The predicted molar refractivity (Wildman–Crippen MR) is 68.0 cm³/mol. The SMILES string of the molecule is CC(C(=O)O)=C(C)C(=O)N(CC1CC1)CC1CC1. The molecule has 100 valence electrons. The van der Waals surface area contributed by atoms with Crippen molar-refractivity contribution in [3.63, 3.8) is 0 Å². The van der Waals surface area contributed by atoms with E-state index in [0.29, 0.717) is 17.4 Å². The molecule has 0 heterocycles. The van der Waals surface area contributed by atoms with Gasteiger partial charge in [0.2, 0.25) is 5.91 Å². The van der Waals surface area contributed by atoms with Crippen LogP contribution in [0.4, 0.5) is 0 Å².